The first-order valence-corrected chi connectivity index (χ1v) is 7.05. The maximum Gasteiger partial charge on any atom is 0.265 e. The van der Waals surface area contributed by atoms with Crippen LogP contribution in [0.4, 0.5) is 0 Å². The fraction of sp³-hybridized carbons (Fsp3) is 0.438. The van der Waals surface area contributed by atoms with Gasteiger partial charge >= 0.3 is 0 Å². The van der Waals surface area contributed by atoms with Crippen molar-refractivity contribution in [3.05, 3.63) is 34.9 Å². The van der Waals surface area contributed by atoms with Gasteiger partial charge in [-0.15, -0.1) is 0 Å². The van der Waals surface area contributed by atoms with E-state index in [1.807, 2.05) is 24.1 Å². The Morgan fingerprint density at radius 1 is 1.33 bits per heavy atom. The van der Waals surface area contributed by atoms with Gasteiger partial charge in [0.05, 0.1) is 0 Å². The molecule has 0 unspecified atom stereocenters. The largest absolute Gasteiger partial charge is 0.384 e. The fourth-order valence-corrected chi connectivity index (χ4v) is 2.27. The van der Waals surface area contributed by atoms with Crippen LogP contribution in [-0.2, 0) is 0 Å². The Bertz CT molecular complexity index is 567. The van der Waals surface area contributed by atoms with Gasteiger partial charge in [0, 0.05) is 37.3 Å². The lowest BCUT2D eigenvalue weighted by molar-refractivity contribution is 0.0662. The van der Waals surface area contributed by atoms with Gasteiger partial charge in [0.1, 0.15) is 6.61 Å². The summed E-state index contributed by atoms with van der Waals surface area (Å²) in [6.45, 7) is 5.23. The number of carbonyl (C=O) groups is 1. The number of nitrogens with zero attached hydrogens (tertiary/aromatic N) is 2. The summed E-state index contributed by atoms with van der Waals surface area (Å²) in [6.07, 6.45) is 0. The van der Waals surface area contributed by atoms with Gasteiger partial charge in [-0.05, 0) is 31.7 Å². The second-order valence-corrected chi connectivity index (χ2v) is 5.17. The summed E-state index contributed by atoms with van der Waals surface area (Å²) in [4.78, 5) is 14.6. The van der Waals surface area contributed by atoms with Crippen LogP contribution in [0, 0.1) is 18.8 Å². The predicted molar refractivity (Wildman–Crippen MR) is 81.7 cm³/mol. The van der Waals surface area contributed by atoms with Crippen LogP contribution >= 0.6 is 0 Å². The summed E-state index contributed by atoms with van der Waals surface area (Å²) < 4.78 is 0. The zero-order chi connectivity index (χ0) is 15.2. The Kier molecular flexibility index (Phi) is 5.34. The first-order chi connectivity index (χ1) is 10.1. The number of hydrogen-bond donors (Lipinski definition) is 2. The van der Waals surface area contributed by atoms with Crippen LogP contribution in [0.25, 0.3) is 0 Å². The van der Waals surface area contributed by atoms with E-state index >= 15 is 0 Å². The predicted octanol–water partition coefficient (Wildman–Crippen LogP) is 0.231. The smallest absolute Gasteiger partial charge is 0.265 e. The lowest BCUT2D eigenvalue weighted by Gasteiger charge is -2.32. The number of hydrogen-bond acceptors (Lipinski definition) is 4. The van der Waals surface area contributed by atoms with E-state index in [0.717, 1.165) is 37.3 Å². The van der Waals surface area contributed by atoms with Crippen LogP contribution in [0.3, 0.4) is 0 Å². The summed E-state index contributed by atoms with van der Waals surface area (Å²) in [7, 11) is 2.08. The van der Waals surface area contributed by atoms with E-state index in [4.69, 9.17) is 5.11 Å². The van der Waals surface area contributed by atoms with E-state index in [1.165, 1.54) is 0 Å². The van der Waals surface area contributed by atoms with E-state index in [-0.39, 0.29) is 12.5 Å². The van der Waals surface area contributed by atoms with Gasteiger partial charge in [0.15, 0.2) is 0 Å². The van der Waals surface area contributed by atoms with Crippen molar-refractivity contribution >= 4 is 5.91 Å². The van der Waals surface area contributed by atoms with Crippen LogP contribution in [0.2, 0.25) is 0 Å². The van der Waals surface area contributed by atoms with Crippen molar-refractivity contribution in [2.45, 2.75) is 6.92 Å². The molecule has 1 saturated heterocycles. The highest BCUT2D eigenvalue weighted by atomic mass is 16.2. The van der Waals surface area contributed by atoms with E-state index in [2.05, 4.69) is 29.2 Å². The molecular weight excluding hydrogens is 266 g/mol. The summed E-state index contributed by atoms with van der Waals surface area (Å²) >= 11 is 0. The Morgan fingerprint density at radius 2 is 2.05 bits per heavy atom. The molecule has 0 aliphatic carbocycles. The molecule has 112 valence electrons. The molecule has 1 fully saturated rings. The van der Waals surface area contributed by atoms with Crippen molar-refractivity contribution < 1.29 is 9.90 Å². The highest BCUT2D eigenvalue weighted by Gasteiger charge is 2.18. The highest BCUT2D eigenvalue weighted by Crippen LogP contribution is 2.13. The average molecular weight is 287 g/mol. The van der Waals surface area contributed by atoms with Gasteiger partial charge in [-0.3, -0.25) is 10.2 Å². The summed E-state index contributed by atoms with van der Waals surface area (Å²) in [5.41, 5.74) is 5.19. The quantitative estimate of drug-likeness (QED) is 0.765. The van der Waals surface area contributed by atoms with Crippen molar-refractivity contribution in [2.24, 2.45) is 0 Å². The second-order valence-electron chi connectivity index (χ2n) is 5.17. The molecule has 1 aliphatic heterocycles. The molecule has 1 aliphatic rings. The number of likely N-dealkylation sites (N-methyl/N-ethyl adjacent to an activating group) is 1. The molecular formula is C16H21N3O2. The molecule has 0 bridgehead atoms. The number of aliphatic hydroxyl groups is 1. The molecule has 0 radical (unpaired) electrons. The molecule has 0 atom stereocenters. The summed E-state index contributed by atoms with van der Waals surface area (Å²) in [5, 5.41) is 10.7. The van der Waals surface area contributed by atoms with Crippen molar-refractivity contribution in [1.82, 2.24) is 15.3 Å². The van der Waals surface area contributed by atoms with E-state index in [9.17, 15) is 4.79 Å². The maximum absolute atomic E-state index is 12.4. The molecule has 1 heterocycles. The minimum absolute atomic E-state index is 0.107. The topological polar surface area (TPSA) is 55.8 Å². The van der Waals surface area contributed by atoms with Crippen molar-refractivity contribution in [3.63, 3.8) is 0 Å². The summed E-state index contributed by atoms with van der Waals surface area (Å²) in [6, 6.07) is 5.46. The van der Waals surface area contributed by atoms with Crippen LogP contribution in [0.15, 0.2) is 18.2 Å². The molecule has 1 aromatic rings. The van der Waals surface area contributed by atoms with Crippen molar-refractivity contribution in [3.8, 4) is 11.8 Å². The molecule has 1 amide bonds. The average Bonchev–Trinajstić information content (AvgIpc) is 2.48. The van der Waals surface area contributed by atoms with Gasteiger partial charge < -0.3 is 10.0 Å². The first-order valence-electron chi connectivity index (χ1n) is 7.05. The Hall–Kier alpha value is -1.87. The molecule has 0 saturated carbocycles. The Labute approximate surface area is 125 Å². The molecule has 1 aromatic carbocycles. The van der Waals surface area contributed by atoms with Gasteiger partial charge in [-0.1, -0.05) is 17.9 Å². The number of rotatable bonds is 2. The van der Waals surface area contributed by atoms with Crippen molar-refractivity contribution in [1.29, 1.82) is 0 Å². The van der Waals surface area contributed by atoms with Crippen molar-refractivity contribution in [2.75, 3.05) is 39.8 Å². The lowest BCUT2D eigenvalue weighted by Crippen LogP contribution is -2.52. The third-order valence-corrected chi connectivity index (χ3v) is 3.64. The van der Waals surface area contributed by atoms with Crippen LogP contribution in [-0.4, -0.2) is 60.8 Å². The molecule has 5 nitrogen and oxygen atoms in total. The number of amides is 1. The summed E-state index contributed by atoms with van der Waals surface area (Å²) in [5.74, 6) is 5.38. The zero-order valence-corrected chi connectivity index (χ0v) is 12.5. The lowest BCUT2D eigenvalue weighted by atomic mass is 10.0. The minimum Gasteiger partial charge on any atom is -0.384 e. The highest BCUT2D eigenvalue weighted by molar-refractivity contribution is 5.95. The van der Waals surface area contributed by atoms with Crippen LogP contribution in [0.5, 0.6) is 0 Å². The van der Waals surface area contributed by atoms with E-state index < -0.39 is 0 Å². The van der Waals surface area contributed by atoms with Gasteiger partial charge in [-0.25, -0.2) is 5.01 Å². The normalized spacial score (nSPS) is 16.1. The molecule has 0 aromatic heterocycles. The molecule has 2 N–H and O–H groups in total. The number of nitrogens with one attached hydrogen (secondary N) is 1. The number of aliphatic hydroxyl groups excluding tert-OH is 1. The van der Waals surface area contributed by atoms with E-state index in [0.29, 0.717) is 5.56 Å². The molecule has 0 spiro atoms. The molecule has 5 heteroatoms. The fourth-order valence-electron chi connectivity index (χ4n) is 2.27. The second kappa shape index (κ2) is 7.23. The minimum atomic E-state index is -0.183. The van der Waals surface area contributed by atoms with Gasteiger partial charge in [-0.2, -0.15) is 0 Å². The van der Waals surface area contributed by atoms with Crippen LogP contribution in [0.1, 0.15) is 21.5 Å². The third-order valence-electron chi connectivity index (χ3n) is 3.64. The first kappa shape index (κ1) is 15.5. The van der Waals surface area contributed by atoms with Crippen LogP contribution < -0.4 is 5.43 Å². The number of hydrazine groups is 1. The third kappa shape index (κ3) is 4.05. The number of piperazine rings is 1. The maximum atomic E-state index is 12.4. The molecule has 2 rings (SSSR count). The Balaban J connectivity index is 2.09. The number of carbonyl (C=O) groups excluding carboxylic acids is 1. The zero-order valence-electron chi connectivity index (χ0n) is 12.5. The number of benzene rings is 1. The Morgan fingerprint density at radius 3 is 2.71 bits per heavy atom. The molecule has 21 heavy (non-hydrogen) atoms. The van der Waals surface area contributed by atoms with Gasteiger partial charge in [0.25, 0.3) is 5.91 Å². The standard InChI is InChI=1S/C16H21N3O2/c1-13-14(6-4-12-20)5-3-7-15(13)16(21)17-19-10-8-18(2)9-11-19/h3,5,7,20H,8-12H2,1-2H3,(H,17,21). The SMILES string of the molecule is Cc1c(C#CCO)cccc1C(=O)NN1CCN(C)CC1. The van der Waals surface area contributed by atoms with Gasteiger partial charge in [0.2, 0.25) is 0 Å². The monoisotopic (exact) mass is 287 g/mol. The van der Waals surface area contributed by atoms with E-state index in [1.54, 1.807) is 6.07 Å².